The summed E-state index contributed by atoms with van der Waals surface area (Å²) in [7, 11) is 0. The summed E-state index contributed by atoms with van der Waals surface area (Å²) in [5, 5.41) is 3.25. The topological polar surface area (TPSA) is 45.2 Å². The number of para-hydroxylation sites is 1. The van der Waals surface area contributed by atoms with Gasteiger partial charge >= 0.3 is 0 Å². The van der Waals surface area contributed by atoms with Crippen LogP contribution in [0.25, 0.3) is 0 Å². The molecule has 0 spiro atoms. The van der Waals surface area contributed by atoms with Crippen LogP contribution < -0.4 is 10.2 Å². The second-order valence-electron chi connectivity index (χ2n) is 4.98. The van der Waals surface area contributed by atoms with Crippen LogP contribution in [0.4, 0.5) is 5.69 Å². The number of pyridine rings is 1. The zero-order valence-electron chi connectivity index (χ0n) is 11.4. The fourth-order valence-electron chi connectivity index (χ4n) is 2.44. The first kappa shape index (κ1) is 12.8. The average molecular weight is 267 g/mol. The molecule has 1 N–H and O–H groups in total. The summed E-state index contributed by atoms with van der Waals surface area (Å²) in [4.78, 5) is 18.7. The van der Waals surface area contributed by atoms with Gasteiger partial charge in [0.1, 0.15) is 0 Å². The quantitative estimate of drug-likeness (QED) is 0.906. The van der Waals surface area contributed by atoms with Crippen LogP contribution in [-0.4, -0.2) is 16.9 Å². The Labute approximate surface area is 118 Å². The van der Waals surface area contributed by atoms with E-state index >= 15 is 0 Å². The van der Waals surface area contributed by atoms with Crippen molar-refractivity contribution < 1.29 is 4.79 Å². The van der Waals surface area contributed by atoms with E-state index in [0.717, 1.165) is 16.9 Å². The minimum Gasteiger partial charge on any atom is -0.305 e. The predicted molar refractivity (Wildman–Crippen MR) is 78.2 cm³/mol. The molecule has 0 saturated carbocycles. The van der Waals surface area contributed by atoms with Crippen LogP contribution in [0.2, 0.25) is 0 Å². The van der Waals surface area contributed by atoms with Crippen LogP contribution in [0.15, 0.2) is 48.7 Å². The van der Waals surface area contributed by atoms with Crippen LogP contribution in [0, 0.1) is 0 Å². The maximum atomic E-state index is 12.5. The van der Waals surface area contributed by atoms with Crippen molar-refractivity contribution in [2.45, 2.75) is 26.1 Å². The standard InChI is InChI=1S/C16H17N3O/c1-12-16(20)19(11-14-7-4-5-9-17-14)15-8-3-2-6-13(15)10-18-12/h2-9,12,18H,10-11H2,1H3. The van der Waals surface area contributed by atoms with Gasteiger partial charge in [-0.2, -0.15) is 0 Å². The van der Waals surface area contributed by atoms with Crippen molar-refractivity contribution in [2.24, 2.45) is 0 Å². The highest BCUT2D eigenvalue weighted by atomic mass is 16.2. The number of fused-ring (bicyclic) bond motifs is 1. The van der Waals surface area contributed by atoms with Gasteiger partial charge in [-0.05, 0) is 30.7 Å². The van der Waals surface area contributed by atoms with Gasteiger partial charge in [-0.1, -0.05) is 24.3 Å². The molecule has 4 heteroatoms. The Balaban J connectivity index is 1.99. The molecule has 102 valence electrons. The Bertz CT molecular complexity index is 612. The van der Waals surface area contributed by atoms with Gasteiger partial charge in [0.15, 0.2) is 0 Å². The molecule has 3 rings (SSSR count). The third-order valence-electron chi connectivity index (χ3n) is 3.56. The number of rotatable bonds is 2. The molecule has 2 heterocycles. The number of hydrogen-bond acceptors (Lipinski definition) is 3. The number of anilines is 1. The minimum atomic E-state index is -0.189. The first-order valence-corrected chi connectivity index (χ1v) is 6.78. The molecule has 1 aromatic heterocycles. The average Bonchev–Trinajstić information content (AvgIpc) is 2.61. The van der Waals surface area contributed by atoms with Crippen LogP contribution in [0.3, 0.4) is 0 Å². The SMILES string of the molecule is CC1NCc2ccccc2N(Cc2ccccn2)C1=O. The van der Waals surface area contributed by atoms with Gasteiger partial charge < -0.3 is 10.2 Å². The summed E-state index contributed by atoms with van der Waals surface area (Å²) in [5.74, 6) is 0.0839. The highest BCUT2D eigenvalue weighted by molar-refractivity contribution is 5.98. The van der Waals surface area contributed by atoms with Crippen molar-refractivity contribution in [3.8, 4) is 0 Å². The van der Waals surface area contributed by atoms with E-state index in [1.54, 1.807) is 6.20 Å². The van der Waals surface area contributed by atoms with Crippen LogP contribution in [0.5, 0.6) is 0 Å². The van der Waals surface area contributed by atoms with Gasteiger partial charge in [-0.3, -0.25) is 9.78 Å². The molecule has 1 amide bonds. The van der Waals surface area contributed by atoms with Crippen LogP contribution >= 0.6 is 0 Å². The molecular formula is C16H17N3O. The molecule has 0 saturated heterocycles. The third kappa shape index (κ3) is 2.42. The fourth-order valence-corrected chi connectivity index (χ4v) is 2.44. The van der Waals surface area contributed by atoms with Gasteiger partial charge in [-0.15, -0.1) is 0 Å². The lowest BCUT2D eigenvalue weighted by Gasteiger charge is -2.24. The zero-order valence-corrected chi connectivity index (χ0v) is 11.4. The summed E-state index contributed by atoms with van der Waals surface area (Å²) < 4.78 is 0. The van der Waals surface area contributed by atoms with E-state index in [0.29, 0.717) is 13.1 Å². The summed E-state index contributed by atoms with van der Waals surface area (Å²) in [6, 6.07) is 13.6. The van der Waals surface area contributed by atoms with Crippen LogP contribution in [-0.2, 0) is 17.9 Å². The molecule has 0 aliphatic carbocycles. The monoisotopic (exact) mass is 267 g/mol. The Morgan fingerprint density at radius 2 is 2.05 bits per heavy atom. The highest BCUT2D eigenvalue weighted by Gasteiger charge is 2.27. The molecule has 4 nitrogen and oxygen atoms in total. The van der Waals surface area contributed by atoms with Gasteiger partial charge in [0.25, 0.3) is 0 Å². The number of carbonyl (C=O) groups is 1. The van der Waals surface area contributed by atoms with E-state index < -0.39 is 0 Å². The van der Waals surface area contributed by atoms with E-state index in [9.17, 15) is 4.79 Å². The van der Waals surface area contributed by atoms with E-state index in [-0.39, 0.29) is 11.9 Å². The number of amides is 1. The van der Waals surface area contributed by atoms with Crippen LogP contribution in [0.1, 0.15) is 18.2 Å². The molecule has 0 bridgehead atoms. The number of aromatic nitrogens is 1. The Hall–Kier alpha value is -2.20. The van der Waals surface area contributed by atoms with Crippen molar-refractivity contribution in [1.29, 1.82) is 0 Å². The highest BCUT2D eigenvalue weighted by Crippen LogP contribution is 2.25. The van der Waals surface area contributed by atoms with E-state index in [1.165, 1.54) is 0 Å². The molecule has 1 aromatic carbocycles. The van der Waals surface area contributed by atoms with Crippen molar-refractivity contribution >= 4 is 11.6 Å². The molecule has 1 unspecified atom stereocenters. The van der Waals surface area contributed by atoms with Crippen molar-refractivity contribution in [3.63, 3.8) is 0 Å². The van der Waals surface area contributed by atoms with Gasteiger partial charge in [0, 0.05) is 18.4 Å². The normalized spacial score (nSPS) is 18.6. The molecule has 2 aromatic rings. The lowest BCUT2D eigenvalue weighted by Crippen LogP contribution is -2.42. The molecule has 1 aliphatic heterocycles. The summed E-state index contributed by atoms with van der Waals surface area (Å²) in [6.45, 7) is 3.12. The Morgan fingerprint density at radius 1 is 1.25 bits per heavy atom. The molecule has 1 aliphatic rings. The second kappa shape index (κ2) is 5.43. The number of hydrogen-bond donors (Lipinski definition) is 1. The predicted octanol–water partition coefficient (Wildman–Crippen LogP) is 2.11. The largest absolute Gasteiger partial charge is 0.305 e. The number of nitrogens with zero attached hydrogens (tertiary/aromatic N) is 2. The van der Waals surface area contributed by atoms with Gasteiger partial charge in [-0.25, -0.2) is 0 Å². The van der Waals surface area contributed by atoms with Gasteiger partial charge in [0.2, 0.25) is 5.91 Å². The lowest BCUT2D eigenvalue weighted by atomic mass is 10.1. The third-order valence-corrected chi connectivity index (χ3v) is 3.56. The van der Waals surface area contributed by atoms with Crippen molar-refractivity contribution in [1.82, 2.24) is 10.3 Å². The van der Waals surface area contributed by atoms with E-state index in [1.807, 2.05) is 48.2 Å². The summed E-state index contributed by atoms with van der Waals surface area (Å²) in [5.41, 5.74) is 3.01. The molecule has 0 fully saturated rings. The van der Waals surface area contributed by atoms with Crippen molar-refractivity contribution in [2.75, 3.05) is 4.90 Å². The smallest absolute Gasteiger partial charge is 0.244 e. The Kier molecular flexibility index (Phi) is 3.48. The first-order valence-electron chi connectivity index (χ1n) is 6.78. The Morgan fingerprint density at radius 3 is 2.85 bits per heavy atom. The molecule has 1 atom stereocenters. The summed E-state index contributed by atoms with van der Waals surface area (Å²) >= 11 is 0. The second-order valence-corrected chi connectivity index (χ2v) is 4.98. The molecule has 0 radical (unpaired) electrons. The molecular weight excluding hydrogens is 250 g/mol. The van der Waals surface area contributed by atoms with E-state index in [4.69, 9.17) is 0 Å². The molecule has 20 heavy (non-hydrogen) atoms. The maximum Gasteiger partial charge on any atom is 0.244 e. The zero-order chi connectivity index (χ0) is 13.9. The number of nitrogens with one attached hydrogen (secondary N) is 1. The summed E-state index contributed by atoms with van der Waals surface area (Å²) in [6.07, 6.45) is 1.76. The van der Waals surface area contributed by atoms with E-state index in [2.05, 4.69) is 16.4 Å². The lowest BCUT2D eigenvalue weighted by molar-refractivity contribution is -0.120. The van der Waals surface area contributed by atoms with Crippen molar-refractivity contribution in [3.05, 3.63) is 59.9 Å². The van der Waals surface area contributed by atoms with Gasteiger partial charge in [0.05, 0.1) is 18.3 Å². The fraction of sp³-hybridized carbons (Fsp3) is 0.250. The number of benzene rings is 1. The maximum absolute atomic E-state index is 12.5. The first-order chi connectivity index (χ1) is 9.75. The minimum absolute atomic E-state index is 0.0839. The number of carbonyl (C=O) groups excluding carboxylic acids is 1.